The highest BCUT2D eigenvalue weighted by molar-refractivity contribution is 5.89. The van der Waals surface area contributed by atoms with Gasteiger partial charge in [0.15, 0.2) is 0 Å². The Kier molecular flexibility index (Phi) is 4.28. The summed E-state index contributed by atoms with van der Waals surface area (Å²) in [6.45, 7) is 5.57. The molecular formula is C12H17FN2O. The summed E-state index contributed by atoms with van der Waals surface area (Å²) in [6, 6.07) is 4.42. The van der Waals surface area contributed by atoms with Crippen LogP contribution < -0.4 is 10.6 Å². The summed E-state index contributed by atoms with van der Waals surface area (Å²) < 4.78 is 13.2. The van der Waals surface area contributed by atoms with Crippen LogP contribution in [0.25, 0.3) is 0 Å². The van der Waals surface area contributed by atoms with Gasteiger partial charge in [0.05, 0.1) is 0 Å². The molecule has 2 N–H and O–H groups in total. The maximum Gasteiger partial charge on any atom is 0.319 e. The van der Waals surface area contributed by atoms with Crippen molar-refractivity contribution in [2.45, 2.75) is 33.2 Å². The van der Waals surface area contributed by atoms with Crippen molar-refractivity contribution in [1.29, 1.82) is 0 Å². The lowest BCUT2D eigenvalue weighted by Gasteiger charge is -2.12. The molecular weight excluding hydrogens is 207 g/mol. The average Bonchev–Trinajstić information content (AvgIpc) is 2.23. The van der Waals surface area contributed by atoms with Crippen molar-refractivity contribution in [1.82, 2.24) is 5.32 Å². The first-order valence-corrected chi connectivity index (χ1v) is 5.36. The Bertz CT molecular complexity index is 379. The highest BCUT2D eigenvalue weighted by Crippen LogP contribution is 2.13. The minimum atomic E-state index is -0.318. The first kappa shape index (κ1) is 12.5. The predicted octanol–water partition coefficient (Wildman–Crippen LogP) is 3.05. The van der Waals surface area contributed by atoms with E-state index in [0.29, 0.717) is 11.3 Å². The number of aryl methyl sites for hydroxylation is 1. The van der Waals surface area contributed by atoms with Crippen molar-refractivity contribution in [3.63, 3.8) is 0 Å². The molecule has 1 unspecified atom stereocenters. The smallest absolute Gasteiger partial charge is 0.319 e. The van der Waals surface area contributed by atoms with Crippen LogP contribution in [0.15, 0.2) is 18.2 Å². The van der Waals surface area contributed by atoms with Crippen molar-refractivity contribution in [2.75, 3.05) is 5.32 Å². The molecule has 0 aliphatic rings. The zero-order valence-electron chi connectivity index (χ0n) is 9.80. The van der Waals surface area contributed by atoms with Crippen LogP contribution in [0.4, 0.5) is 14.9 Å². The number of rotatable bonds is 3. The van der Waals surface area contributed by atoms with Crippen LogP contribution >= 0.6 is 0 Å². The van der Waals surface area contributed by atoms with Crippen LogP contribution in [0.1, 0.15) is 25.8 Å². The van der Waals surface area contributed by atoms with E-state index in [2.05, 4.69) is 10.6 Å². The molecule has 0 fully saturated rings. The number of anilines is 1. The van der Waals surface area contributed by atoms with Crippen LogP contribution in [0.3, 0.4) is 0 Å². The maximum absolute atomic E-state index is 13.2. The molecule has 0 spiro atoms. The second kappa shape index (κ2) is 5.49. The van der Waals surface area contributed by atoms with Gasteiger partial charge in [-0.2, -0.15) is 0 Å². The molecule has 0 aromatic heterocycles. The predicted molar refractivity (Wildman–Crippen MR) is 63.0 cm³/mol. The summed E-state index contributed by atoms with van der Waals surface area (Å²) in [5.41, 5.74) is 1.02. The Hall–Kier alpha value is -1.58. The quantitative estimate of drug-likeness (QED) is 0.814. The van der Waals surface area contributed by atoms with E-state index in [1.165, 1.54) is 6.07 Å². The summed E-state index contributed by atoms with van der Waals surface area (Å²) in [6.07, 6.45) is 0.857. The molecule has 1 atom stereocenters. The van der Waals surface area contributed by atoms with Gasteiger partial charge >= 0.3 is 6.03 Å². The molecule has 88 valence electrons. The van der Waals surface area contributed by atoms with Gasteiger partial charge in [0.25, 0.3) is 0 Å². The number of urea groups is 1. The molecule has 0 saturated carbocycles. The Labute approximate surface area is 95.0 Å². The Morgan fingerprint density at radius 1 is 1.50 bits per heavy atom. The van der Waals surface area contributed by atoms with E-state index in [4.69, 9.17) is 0 Å². The number of amides is 2. The molecule has 0 saturated heterocycles. The molecule has 1 aromatic rings. The highest BCUT2D eigenvalue weighted by Gasteiger charge is 2.06. The molecule has 4 heteroatoms. The normalized spacial score (nSPS) is 12.0. The van der Waals surface area contributed by atoms with E-state index in [1.807, 2.05) is 13.8 Å². The van der Waals surface area contributed by atoms with E-state index in [9.17, 15) is 9.18 Å². The highest BCUT2D eigenvalue weighted by atomic mass is 19.1. The second-order valence-corrected chi connectivity index (χ2v) is 3.87. The molecule has 0 aliphatic carbocycles. The second-order valence-electron chi connectivity index (χ2n) is 3.87. The molecule has 3 nitrogen and oxygen atoms in total. The zero-order valence-corrected chi connectivity index (χ0v) is 9.80. The van der Waals surface area contributed by atoms with E-state index >= 15 is 0 Å². The van der Waals surface area contributed by atoms with Crippen molar-refractivity contribution in [2.24, 2.45) is 0 Å². The number of nitrogens with one attached hydrogen (secondary N) is 2. The van der Waals surface area contributed by atoms with Gasteiger partial charge in [-0.15, -0.1) is 0 Å². The van der Waals surface area contributed by atoms with Gasteiger partial charge in [0.2, 0.25) is 0 Å². The van der Waals surface area contributed by atoms with E-state index in [-0.39, 0.29) is 17.9 Å². The Morgan fingerprint density at radius 3 is 2.75 bits per heavy atom. The largest absolute Gasteiger partial charge is 0.335 e. The number of benzene rings is 1. The number of hydrogen-bond donors (Lipinski definition) is 2. The molecule has 1 rings (SSSR count). The number of carbonyl (C=O) groups excluding carboxylic acids is 1. The van der Waals surface area contributed by atoms with E-state index in [1.54, 1.807) is 19.1 Å². The number of carbonyl (C=O) groups is 1. The third-order valence-electron chi connectivity index (χ3n) is 2.42. The van der Waals surface area contributed by atoms with Crippen LogP contribution in [0.5, 0.6) is 0 Å². The summed E-state index contributed by atoms with van der Waals surface area (Å²) in [5, 5.41) is 5.32. The summed E-state index contributed by atoms with van der Waals surface area (Å²) in [7, 11) is 0. The summed E-state index contributed by atoms with van der Waals surface area (Å²) in [4.78, 5) is 11.4. The fourth-order valence-corrected chi connectivity index (χ4v) is 1.16. The minimum absolute atomic E-state index is 0.107. The molecule has 0 radical (unpaired) electrons. The number of halogens is 1. The van der Waals surface area contributed by atoms with Crippen molar-refractivity contribution >= 4 is 11.7 Å². The van der Waals surface area contributed by atoms with Crippen LogP contribution in [-0.4, -0.2) is 12.1 Å². The van der Waals surface area contributed by atoms with Gasteiger partial charge in [0, 0.05) is 11.7 Å². The first-order valence-electron chi connectivity index (χ1n) is 5.36. The lowest BCUT2D eigenvalue weighted by Crippen LogP contribution is -2.35. The van der Waals surface area contributed by atoms with Crippen LogP contribution in [-0.2, 0) is 0 Å². The monoisotopic (exact) mass is 224 g/mol. The van der Waals surface area contributed by atoms with Gasteiger partial charge in [-0.1, -0.05) is 13.0 Å². The fourth-order valence-electron chi connectivity index (χ4n) is 1.16. The Balaban J connectivity index is 2.59. The van der Waals surface area contributed by atoms with E-state index in [0.717, 1.165) is 6.42 Å². The van der Waals surface area contributed by atoms with Gasteiger partial charge in [-0.05, 0) is 38.0 Å². The first-order chi connectivity index (χ1) is 7.52. The van der Waals surface area contributed by atoms with Gasteiger partial charge in [-0.25, -0.2) is 9.18 Å². The summed E-state index contributed by atoms with van der Waals surface area (Å²) in [5.74, 6) is -0.318. The molecule has 0 aliphatic heterocycles. The fraction of sp³-hybridized carbons (Fsp3) is 0.417. The van der Waals surface area contributed by atoms with Gasteiger partial charge in [0.1, 0.15) is 5.82 Å². The SMILES string of the molecule is CCC(C)NC(=O)Nc1ccc(C)c(F)c1. The van der Waals surface area contributed by atoms with Gasteiger partial charge in [-0.3, -0.25) is 0 Å². The van der Waals surface area contributed by atoms with Crippen LogP contribution in [0, 0.1) is 12.7 Å². The standard InChI is InChI=1S/C12H17FN2O/c1-4-9(3)14-12(16)15-10-6-5-8(2)11(13)7-10/h5-7,9H,4H2,1-3H3,(H2,14,15,16). The molecule has 0 bridgehead atoms. The molecule has 1 aromatic carbocycles. The lowest BCUT2D eigenvalue weighted by molar-refractivity contribution is 0.249. The van der Waals surface area contributed by atoms with E-state index < -0.39 is 0 Å². The van der Waals surface area contributed by atoms with Gasteiger partial charge < -0.3 is 10.6 Å². The molecule has 16 heavy (non-hydrogen) atoms. The summed E-state index contributed by atoms with van der Waals surface area (Å²) >= 11 is 0. The topological polar surface area (TPSA) is 41.1 Å². The third-order valence-corrected chi connectivity index (χ3v) is 2.42. The van der Waals surface area contributed by atoms with Crippen molar-refractivity contribution in [3.8, 4) is 0 Å². The van der Waals surface area contributed by atoms with Crippen molar-refractivity contribution in [3.05, 3.63) is 29.6 Å². The maximum atomic E-state index is 13.2. The minimum Gasteiger partial charge on any atom is -0.335 e. The van der Waals surface area contributed by atoms with Crippen molar-refractivity contribution < 1.29 is 9.18 Å². The molecule has 0 heterocycles. The Morgan fingerprint density at radius 2 is 2.19 bits per heavy atom. The zero-order chi connectivity index (χ0) is 12.1. The third kappa shape index (κ3) is 3.53. The average molecular weight is 224 g/mol. The number of hydrogen-bond acceptors (Lipinski definition) is 1. The molecule has 2 amide bonds. The van der Waals surface area contributed by atoms with Crippen LogP contribution in [0.2, 0.25) is 0 Å². The lowest BCUT2D eigenvalue weighted by atomic mass is 10.2.